The Morgan fingerprint density at radius 2 is 1.33 bits per heavy atom. The van der Waals surface area contributed by atoms with E-state index in [4.69, 9.17) is 4.74 Å². The molecule has 2 nitrogen and oxygen atoms in total. The summed E-state index contributed by atoms with van der Waals surface area (Å²) in [6.07, 6.45) is 2.46. The number of aromatic nitrogens is 1. The SMILES string of the molecule is COc1ccc(-c2[nH+]ccc(F)c2F)cc1.[F-].c1ccc2c(c1)Cc1ccccc1-2. The maximum absolute atomic E-state index is 13.4. The molecular weight excluding hydrogens is 387 g/mol. The van der Waals surface area contributed by atoms with Crippen LogP contribution in [0, 0.1) is 11.6 Å². The molecule has 0 amide bonds. The number of hydrogen-bond donors (Lipinski definition) is 0. The van der Waals surface area contributed by atoms with Crippen LogP contribution >= 0.6 is 0 Å². The van der Waals surface area contributed by atoms with Crippen molar-refractivity contribution in [2.24, 2.45) is 0 Å². The summed E-state index contributed by atoms with van der Waals surface area (Å²) in [7, 11) is 1.55. The lowest BCUT2D eigenvalue weighted by atomic mass is 10.1. The third-order valence-corrected chi connectivity index (χ3v) is 4.97. The van der Waals surface area contributed by atoms with Gasteiger partial charge in [-0.05, 0) is 52.9 Å². The zero-order chi connectivity index (χ0) is 20.2. The number of fused-ring (bicyclic) bond motifs is 3. The summed E-state index contributed by atoms with van der Waals surface area (Å²) in [6, 6.07) is 25.0. The molecule has 152 valence electrons. The molecule has 1 aromatic heterocycles. The van der Waals surface area contributed by atoms with Crippen molar-refractivity contribution < 1.29 is 23.2 Å². The van der Waals surface area contributed by atoms with E-state index in [1.54, 1.807) is 31.4 Å². The summed E-state index contributed by atoms with van der Waals surface area (Å²) in [5.74, 6) is -1.09. The number of pyridine rings is 1. The van der Waals surface area contributed by atoms with E-state index < -0.39 is 11.6 Å². The van der Waals surface area contributed by atoms with Gasteiger partial charge in [-0.2, -0.15) is 4.39 Å². The number of H-pyrrole nitrogens is 1. The topological polar surface area (TPSA) is 23.4 Å². The molecular formula is C25H20F3NO. The number of methoxy groups -OCH3 is 1. The predicted octanol–water partition coefficient (Wildman–Crippen LogP) is 2.72. The number of nitrogens with one attached hydrogen (secondary N) is 1. The summed E-state index contributed by atoms with van der Waals surface area (Å²) in [4.78, 5) is 2.68. The van der Waals surface area contributed by atoms with Gasteiger partial charge in [0, 0.05) is 11.6 Å². The van der Waals surface area contributed by atoms with Crippen LogP contribution in [0.1, 0.15) is 11.1 Å². The first-order valence-electron chi connectivity index (χ1n) is 9.33. The second-order valence-electron chi connectivity index (χ2n) is 6.73. The molecule has 0 bridgehead atoms. The first-order valence-corrected chi connectivity index (χ1v) is 9.33. The fourth-order valence-corrected chi connectivity index (χ4v) is 3.50. The van der Waals surface area contributed by atoms with Crippen LogP contribution in [0.4, 0.5) is 8.78 Å². The first kappa shape index (κ1) is 21.1. The highest BCUT2D eigenvalue weighted by Gasteiger charge is 2.17. The number of aromatic amines is 1. The van der Waals surface area contributed by atoms with Gasteiger partial charge in [-0.1, -0.05) is 48.5 Å². The van der Waals surface area contributed by atoms with Crippen LogP contribution in [0.15, 0.2) is 85.1 Å². The van der Waals surface area contributed by atoms with Crippen molar-refractivity contribution in [3.8, 4) is 28.1 Å². The molecule has 3 aromatic carbocycles. The van der Waals surface area contributed by atoms with Gasteiger partial charge in [-0.3, -0.25) is 0 Å². The minimum Gasteiger partial charge on any atom is -1.00 e. The van der Waals surface area contributed by atoms with Gasteiger partial charge in [0.05, 0.1) is 7.11 Å². The van der Waals surface area contributed by atoms with E-state index in [1.165, 1.54) is 28.5 Å². The molecule has 0 saturated carbocycles. The number of hydrogen-bond acceptors (Lipinski definition) is 1. The van der Waals surface area contributed by atoms with Crippen LogP contribution in [0.25, 0.3) is 22.4 Å². The summed E-state index contributed by atoms with van der Waals surface area (Å²) < 4.78 is 31.4. The molecule has 1 aliphatic rings. The molecule has 0 atom stereocenters. The van der Waals surface area contributed by atoms with Crippen LogP contribution in [0.5, 0.6) is 5.75 Å². The van der Waals surface area contributed by atoms with Gasteiger partial charge < -0.3 is 9.44 Å². The first-order chi connectivity index (χ1) is 14.2. The molecule has 1 aliphatic carbocycles. The molecule has 0 unspecified atom stereocenters. The lowest BCUT2D eigenvalue weighted by molar-refractivity contribution is -0.367. The van der Waals surface area contributed by atoms with Crippen molar-refractivity contribution in [1.29, 1.82) is 0 Å². The fraction of sp³-hybridized carbons (Fsp3) is 0.0800. The zero-order valence-corrected chi connectivity index (χ0v) is 16.3. The smallest absolute Gasteiger partial charge is 0.249 e. The summed E-state index contributed by atoms with van der Waals surface area (Å²) >= 11 is 0. The van der Waals surface area contributed by atoms with Crippen LogP contribution < -0.4 is 14.4 Å². The molecule has 0 spiro atoms. The van der Waals surface area contributed by atoms with Crippen LogP contribution in [0.2, 0.25) is 0 Å². The molecule has 0 radical (unpaired) electrons. The van der Waals surface area contributed by atoms with E-state index in [1.807, 2.05) is 0 Å². The van der Waals surface area contributed by atoms with Crippen LogP contribution in [0.3, 0.4) is 0 Å². The second-order valence-corrected chi connectivity index (χ2v) is 6.73. The Hall–Kier alpha value is -3.60. The van der Waals surface area contributed by atoms with E-state index in [9.17, 15) is 8.78 Å². The van der Waals surface area contributed by atoms with Gasteiger partial charge >= 0.3 is 0 Å². The minimum atomic E-state index is -0.882. The molecule has 4 aromatic rings. The molecule has 0 aliphatic heterocycles. The predicted molar refractivity (Wildman–Crippen MR) is 110 cm³/mol. The van der Waals surface area contributed by atoms with Gasteiger partial charge in [0.2, 0.25) is 11.5 Å². The van der Waals surface area contributed by atoms with Gasteiger partial charge in [-0.25, -0.2) is 9.37 Å². The lowest BCUT2D eigenvalue weighted by Gasteiger charge is -2.00. The highest BCUT2D eigenvalue weighted by atomic mass is 19.2. The quantitative estimate of drug-likeness (QED) is 0.441. The number of benzene rings is 3. The highest BCUT2D eigenvalue weighted by Crippen LogP contribution is 2.35. The van der Waals surface area contributed by atoms with E-state index in [0.717, 1.165) is 12.5 Å². The fourth-order valence-electron chi connectivity index (χ4n) is 3.50. The molecule has 5 heteroatoms. The van der Waals surface area contributed by atoms with E-state index >= 15 is 0 Å². The molecule has 5 rings (SSSR count). The Morgan fingerprint density at radius 3 is 1.90 bits per heavy atom. The Labute approximate surface area is 173 Å². The Balaban J connectivity index is 0.000000168. The Kier molecular flexibility index (Phi) is 6.52. The van der Waals surface area contributed by atoms with E-state index in [0.29, 0.717) is 11.3 Å². The average Bonchev–Trinajstić information content (AvgIpc) is 3.15. The summed E-state index contributed by atoms with van der Waals surface area (Å²) in [5, 5.41) is 0. The minimum absolute atomic E-state index is 0. The molecule has 0 fully saturated rings. The summed E-state index contributed by atoms with van der Waals surface area (Å²) in [5.41, 5.74) is 6.45. The van der Waals surface area contributed by atoms with Crippen molar-refractivity contribution in [3.05, 3.63) is 108 Å². The number of rotatable bonds is 2. The largest absolute Gasteiger partial charge is 1.00 e. The van der Waals surface area contributed by atoms with Crippen molar-refractivity contribution in [1.82, 2.24) is 0 Å². The van der Waals surface area contributed by atoms with Gasteiger partial charge in [0.15, 0.2) is 12.0 Å². The molecule has 0 saturated heterocycles. The normalized spacial score (nSPS) is 10.8. The highest BCUT2D eigenvalue weighted by molar-refractivity contribution is 5.76. The van der Waals surface area contributed by atoms with Crippen molar-refractivity contribution in [3.63, 3.8) is 0 Å². The number of halogens is 3. The summed E-state index contributed by atoms with van der Waals surface area (Å²) in [6.45, 7) is 0. The Bertz CT molecular complexity index is 1100. The maximum Gasteiger partial charge on any atom is 0.249 e. The van der Waals surface area contributed by atoms with E-state index in [-0.39, 0.29) is 10.4 Å². The third-order valence-electron chi connectivity index (χ3n) is 4.97. The maximum atomic E-state index is 13.4. The van der Waals surface area contributed by atoms with Crippen molar-refractivity contribution in [2.75, 3.05) is 7.11 Å². The number of ether oxygens (including phenoxy) is 1. The standard InChI is InChI=1S/C13H10.C12H9F2NO.FH/c1-3-7-12-10(5-1)9-11-6-2-4-8-13(11)12;1-16-9-4-2-8(3-5-9)12-11(14)10(13)6-7-15-12;/h1-8H,9H2;2-7H,1H3;1H. The molecule has 1 heterocycles. The molecule has 1 N–H and O–H groups in total. The van der Waals surface area contributed by atoms with Crippen molar-refractivity contribution >= 4 is 0 Å². The molecule has 30 heavy (non-hydrogen) atoms. The second kappa shape index (κ2) is 9.27. The van der Waals surface area contributed by atoms with Crippen LogP contribution in [-0.2, 0) is 6.42 Å². The van der Waals surface area contributed by atoms with Crippen LogP contribution in [-0.4, -0.2) is 7.11 Å². The third kappa shape index (κ3) is 4.20. The Morgan fingerprint density at radius 1 is 0.767 bits per heavy atom. The average molecular weight is 407 g/mol. The van der Waals surface area contributed by atoms with Gasteiger partial charge in [-0.15, -0.1) is 0 Å². The monoisotopic (exact) mass is 407 g/mol. The zero-order valence-electron chi connectivity index (χ0n) is 16.3. The lowest BCUT2D eigenvalue weighted by Crippen LogP contribution is -3.00. The van der Waals surface area contributed by atoms with Crippen molar-refractivity contribution in [2.45, 2.75) is 6.42 Å². The van der Waals surface area contributed by atoms with E-state index in [2.05, 4.69) is 53.5 Å². The van der Waals surface area contributed by atoms with Gasteiger partial charge in [0.1, 0.15) is 5.75 Å². The van der Waals surface area contributed by atoms with Gasteiger partial charge in [0.25, 0.3) is 0 Å².